The molecule has 2 aliphatic rings. The zero-order chi connectivity index (χ0) is 37.4. The van der Waals surface area contributed by atoms with Gasteiger partial charge in [-0.15, -0.1) is 5.10 Å². The second kappa shape index (κ2) is 14.4. The number of nitrogens with zero attached hydrogens (tertiary/aromatic N) is 7. The Balaban J connectivity index is 0.982. The second-order valence-corrected chi connectivity index (χ2v) is 13.2. The van der Waals surface area contributed by atoms with E-state index in [2.05, 4.69) is 20.2 Å². The minimum absolute atomic E-state index is 0.127. The second-order valence-electron chi connectivity index (χ2n) is 13.2. The first-order valence-corrected chi connectivity index (χ1v) is 17.0. The molecule has 1 aliphatic carbocycles. The average molecular weight is 720 g/mol. The van der Waals surface area contributed by atoms with Crippen LogP contribution in [-0.2, 0) is 36.3 Å². The highest BCUT2D eigenvalue weighted by Crippen LogP contribution is 2.38. The zero-order valence-electron chi connectivity index (χ0n) is 29.7. The molecule has 4 heterocycles. The Morgan fingerprint density at radius 3 is 2.38 bits per heavy atom. The van der Waals surface area contributed by atoms with Crippen molar-refractivity contribution in [1.82, 2.24) is 34.3 Å². The fraction of sp³-hybridized carbons (Fsp3) is 0.316. The van der Waals surface area contributed by atoms with Crippen molar-refractivity contribution in [3.63, 3.8) is 0 Å². The molecule has 1 aliphatic heterocycles. The first kappa shape index (κ1) is 35.2. The largest absolute Gasteiger partial charge is 0.496 e. The van der Waals surface area contributed by atoms with Crippen LogP contribution in [0.1, 0.15) is 51.2 Å². The van der Waals surface area contributed by atoms with Crippen LogP contribution < -0.4 is 19.8 Å². The summed E-state index contributed by atoms with van der Waals surface area (Å²) in [5.74, 6) is -0.0278. The smallest absolute Gasteiger partial charge is 0.262 e. The summed E-state index contributed by atoms with van der Waals surface area (Å²) in [6.07, 6.45) is 6.91. The number of Topliss-reactive ketones (excluding diaryl/α,β-unsaturated/α-hetero) is 2. The maximum atomic E-state index is 13.2. The van der Waals surface area contributed by atoms with E-state index >= 15 is 0 Å². The summed E-state index contributed by atoms with van der Waals surface area (Å²) in [4.78, 5) is 70.2. The van der Waals surface area contributed by atoms with Gasteiger partial charge in [0.25, 0.3) is 17.4 Å². The molecule has 0 radical (unpaired) electrons. The first-order valence-electron chi connectivity index (χ1n) is 17.0. The van der Waals surface area contributed by atoms with Crippen molar-refractivity contribution in [3.8, 4) is 28.4 Å². The number of hydrogen-bond donors (Lipinski definition) is 0. The number of benzene rings is 2. The molecular weight excluding hydrogens is 682 g/mol. The lowest BCUT2D eigenvalue weighted by Gasteiger charge is -2.27. The topological polar surface area (TPSA) is 168 Å². The molecule has 1 saturated carbocycles. The summed E-state index contributed by atoms with van der Waals surface area (Å²) in [5.41, 5.74) is 3.50. The van der Waals surface area contributed by atoms with Gasteiger partial charge in [-0.2, -0.15) is 0 Å². The molecule has 0 saturated heterocycles. The van der Waals surface area contributed by atoms with Gasteiger partial charge >= 0.3 is 0 Å². The summed E-state index contributed by atoms with van der Waals surface area (Å²) in [6, 6.07) is 9.42. The quantitative estimate of drug-likeness (QED) is 0.137. The number of hydrogen-bond acceptors (Lipinski definition) is 12. The molecule has 1 atom stereocenters. The fourth-order valence-electron chi connectivity index (χ4n) is 6.96. The molecule has 0 N–H and O–H groups in total. The predicted octanol–water partition coefficient (Wildman–Crippen LogP) is 3.21. The molecule has 272 valence electrons. The highest BCUT2D eigenvalue weighted by Gasteiger charge is 2.44. The number of fused-ring (bicyclic) bond motifs is 2. The van der Waals surface area contributed by atoms with E-state index in [1.807, 2.05) is 31.4 Å². The van der Waals surface area contributed by atoms with E-state index in [-0.39, 0.29) is 48.3 Å². The van der Waals surface area contributed by atoms with Crippen molar-refractivity contribution in [1.29, 1.82) is 0 Å². The van der Waals surface area contributed by atoms with Gasteiger partial charge in [0, 0.05) is 56.9 Å². The summed E-state index contributed by atoms with van der Waals surface area (Å²) >= 11 is 0. The molecule has 1 unspecified atom stereocenters. The standard InChI is InChI=1S/C38H37N7O8/c1-42(20-31-34(51-3)13-22(14-35(31)52-4)30-21-43(2)36(48)29-17-39-10-9-26(29)30)18-23-19-44(41-40-23)11-12-53-25-6-7-27-28(16-25)38(50)45(37(27)49)32-8-5-24(46)15-33(32)47/h6-7,9-10,13-14,16-17,19,21,32H,5,8,11-12,15,18,20H2,1-4H3. The highest BCUT2D eigenvalue weighted by molar-refractivity contribution is 6.23. The van der Waals surface area contributed by atoms with E-state index < -0.39 is 23.6 Å². The third kappa shape index (κ3) is 6.78. The summed E-state index contributed by atoms with van der Waals surface area (Å²) in [7, 11) is 6.88. The van der Waals surface area contributed by atoms with Crippen molar-refractivity contribution in [2.45, 2.75) is 44.9 Å². The van der Waals surface area contributed by atoms with Crippen molar-refractivity contribution >= 4 is 34.2 Å². The number of aryl methyl sites for hydroxylation is 1. The summed E-state index contributed by atoms with van der Waals surface area (Å²) < 4.78 is 20.8. The van der Waals surface area contributed by atoms with E-state index in [0.29, 0.717) is 42.3 Å². The Hall–Kier alpha value is -6.22. The molecule has 15 nitrogen and oxygen atoms in total. The van der Waals surface area contributed by atoms with Gasteiger partial charge in [-0.1, -0.05) is 5.21 Å². The van der Waals surface area contributed by atoms with Crippen LogP contribution in [0, 0.1) is 0 Å². The third-order valence-electron chi connectivity index (χ3n) is 9.58. The number of carbonyl (C=O) groups excluding carboxylic acids is 4. The number of ether oxygens (including phenoxy) is 3. The molecule has 2 aromatic carbocycles. The molecule has 2 amide bonds. The van der Waals surface area contributed by atoms with Crippen LogP contribution in [-0.4, -0.2) is 91.6 Å². The molecule has 1 fully saturated rings. The van der Waals surface area contributed by atoms with E-state index in [0.717, 1.165) is 32.7 Å². The Morgan fingerprint density at radius 2 is 1.64 bits per heavy atom. The molecule has 0 spiro atoms. The number of carbonyl (C=O) groups is 4. The van der Waals surface area contributed by atoms with E-state index in [9.17, 15) is 24.0 Å². The number of methoxy groups -OCH3 is 2. The number of pyridine rings is 2. The zero-order valence-corrected chi connectivity index (χ0v) is 29.7. The number of ketones is 2. The van der Waals surface area contributed by atoms with Gasteiger partial charge in [-0.05, 0) is 60.8 Å². The number of aromatic nitrogens is 5. The fourth-order valence-corrected chi connectivity index (χ4v) is 6.96. The molecule has 7 rings (SSSR count). The van der Waals surface area contributed by atoms with Crippen molar-refractivity contribution in [2.24, 2.45) is 7.05 Å². The van der Waals surface area contributed by atoms with Crippen LogP contribution in [0.25, 0.3) is 21.9 Å². The van der Waals surface area contributed by atoms with Gasteiger partial charge in [-0.3, -0.25) is 38.8 Å². The minimum Gasteiger partial charge on any atom is -0.496 e. The van der Waals surface area contributed by atoms with E-state index in [1.54, 1.807) is 55.2 Å². The average Bonchev–Trinajstić information content (AvgIpc) is 3.69. The van der Waals surface area contributed by atoms with E-state index in [4.69, 9.17) is 14.2 Å². The normalized spacial score (nSPS) is 15.8. The molecule has 5 aromatic rings. The molecular formula is C38H37N7O8. The third-order valence-corrected chi connectivity index (χ3v) is 9.58. The first-order chi connectivity index (χ1) is 25.6. The lowest BCUT2D eigenvalue weighted by atomic mass is 9.92. The van der Waals surface area contributed by atoms with Crippen molar-refractivity contribution in [3.05, 3.63) is 93.9 Å². The van der Waals surface area contributed by atoms with Gasteiger partial charge in [-0.25, -0.2) is 4.68 Å². The van der Waals surface area contributed by atoms with Crippen LogP contribution in [0.5, 0.6) is 17.2 Å². The van der Waals surface area contributed by atoms with Gasteiger partial charge in [0.05, 0.1) is 61.0 Å². The lowest BCUT2D eigenvalue weighted by Crippen LogP contribution is -2.47. The number of rotatable bonds is 12. The lowest BCUT2D eigenvalue weighted by molar-refractivity contribution is -0.132. The van der Waals surface area contributed by atoms with Crippen LogP contribution >= 0.6 is 0 Å². The van der Waals surface area contributed by atoms with Gasteiger partial charge in [0.2, 0.25) is 0 Å². The van der Waals surface area contributed by atoms with E-state index in [1.165, 1.54) is 12.1 Å². The molecule has 53 heavy (non-hydrogen) atoms. The Bertz CT molecular complexity index is 2320. The van der Waals surface area contributed by atoms with Gasteiger partial charge in [0.1, 0.15) is 29.6 Å². The SMILES string of the molecule is COc1cc(-c2cn(C)c(=O)c3cnccc23)cc(OC)c1CN(C)Cc1cn(CCOc2ccc3c(c2)C(=O)N(C2CCC(=O)CC2=O)C3=O)nn1. The van der Waals surface area contributed by atoms with Crippen LogP contribution in [0.2, 0.25) is 0 Å². The Labute approximate surface area is 303 Å². The van der Waals surface area contributed by atoms with Crippen LogP contribution in [0.3, 0.4) is 0 Å². The number of amides is 2. The maximum Gasteiger partial charge on any atom is 0.262 e. The molecule has 3 aromatic heterocycles. The number of imide groups is 1. The minimum atomic E-state index is -0.924. The van der Waals surface area contributed by atoms with Gasteiger partial charge < -0.3 is 18.8 Å². The van der Waals surface area contributed by atoms with Crippen LogP contribution in [0.15, 0.2) is 66.0 Å². The summed E-state index contributed by atoms with van der Waals surface area (Å²) in [5, 5.41) is 9.86. The highest BCUT2D eigenvalue weighted by atomic mass is 16.5. The Kier molecular flexibility index (Phi) is 9.58. The summed E-state index contributed by atoms with van der Waals surface area (Å²) in [6.45, 7) is 1.54. The molecule has 0 bridgehead atoms. The maximum absolute atomic E-state index is 13.2. The van der Waals surface area contributed by atoms with Crippen molar-refractivity contribution < 1.29 is 33.4 Å². The Morgan fingerprint density at radius 1 is 0.887 bits per heavy atom. The predicted molar refractivity (Wildman–Crippen MR) is 191 cm³/mol. The van der Waals surface area contributed by atoms with Crippen LogP contribution in [0.4, 0.5) is 0 Å². The molecule has 15 heteroatoms. The van der Waals surface area contributed by atoms with Gasteiger partial charge in [0.15, 0.2) is 5.78 Å². The van der Waals surface area contributed by atoms with Crippen molar-refractivity contribution in [2.75, 3.05) is 27.9 Å². The monoisotopic (exact) mass is 719 g/mol.